The molecule has 2 heterocycles. The van der Waals surface area contributed by atoms with Crippen molar-refractivity contribution in [3.05, 3.63) is 81.2 Å². The molecule has 2 aliphatic rings. The number of nitrogens with zero attached hydrogens (tertiary/aromatic N) is 2. The Labute approximate surface area is 157 Å². The quantitative estimate of drug-likeness (QED) is 0.727. The van der Waals surface area contributed by atoms with E-state index in [-0.39, 0.29) is 17.3 Å². The van der Waals surface area contributed by atoms with Gasteiger partial charge in [0.2, 0.25) is 0 Å². The van der Waals surface area contributed by atoms with Crippen LogP contribution in [0.5, 0.6) is 0 Å². The molecule has 6 heteroatoms. The lowest BCUT2D eigenvalue weighted by Gasteiger charge is -2.26. The lowest BCUT2D eigenvalue weighted by atomic mass is 10.1. The van der Waals surface area contributed by atoms with Crippen molar-refractivity contribution in [1.82, 2.24) is 4.90 Å². The van der Waals surface area contributed by atoms with Gasteiger partial charge in [0, 0.05) is 9.88 Å². The molecule has 0 spiro atoms. The molecular weight excluding hydrogens is 398 g/mol. The number of hydrogen-bond acceptors (Lipinski definition) is 3. The van der Waals surface area contributed by atoms with E-state index in [1.165, 1.54) is 11.8 Å². The van der Waals surface area contributed by atoms with Gasteiger partial charge in [0.1, 0.15) is 5.84 Å². The van der Waals surface area contributed by atoms with Crippen molar-refractivity contribution in [2.75, 3.05) is 0 Å². The molecule has 0 aromatic heterocycles. The van der Waals surface area contributed by atoms with E-state index in [9.17, 15) is 4.79 Å². The second-order valence-electron chi connectivity index (χ2n) is 5.48. The molecule has 0 saturated heterocycles. The standard InChI is InChI=1S/C19H12BrN3OS/c20-14-8-4-5-12(9-14)10-15-17(21)23-16(13-6-2-1-3-7-13)11-25-19(23)22-18(15)24/h1-11,21H/b15-10-,21-17?. The van der Waals surface area contributed by atoms with Crippen molar-refractivity contribution in [2.24, 2.45) is 4.99 Å². The van der Waals surface area contributed by atoms with Crippen LogP contribution >= 0.6 is 27.7 Å². The SMILES string of the molecule is N=C1/C(=C/c2cccc(Br)c2)C(=O)N=C2SC=C(c3ccccc3)N12. The molecular formula is C19H12BrN3OS. The Morgan fingerprint density at radius 3 is 2.68 bits per heavy atom. The van der Waals surface area contributed by atoms with Gasteiger partial charge in [-0.05, 0) is 29.3 Å². The predicted molar refractivity (Wildman–Crippen MR) is 106 cm³/mol. The predicted octanol–water partition coefficient (Wildman–Crippen LogP) is 4.75. The highest BCUT2D eigenvalue weighted by Gasteiger charge is 2.36. The second-order valence-corrected chi connectivity index (χ2v) is 7.24. The number of fused-ring (bicyclic) bond motifs is 1. The molecule has 25 heavy (non-hydrogen) atoms. The highest BCUT2D eigenvalue weighted by atomic mass is 79.9. The van der Waals surface area contributed by atoms with E-state index in [2.05, 4.69) is 20.9 Å². The molecule has 0 atom stereocenters. The molecule has 2 aliphatic heterocycles. The van der Waals surface area contributed by atoms with Crippen molar-refractivity contribution in [3.8, 4) is 0 Å². The average Bonchev–Trinajstić information content (AvgIpc) is 3.03. The van der Waals surface area contributed by atoms with Crippen molar-refractivity contribution in [3.63, 3.8) is 0 Å². The summed E-state index contributed by atoms with van der Waals surface area (Å²) in [5.41, 5.74) is 2.98. The summed E-state index contributed by atoms with van der Waals surface area (Å²) in [7, 11) is 0. The third-order valence-corrected chi connectivity index (χ3v) is 5.16. The Morgan fingerprint density at radius 2 is 1.92 bits per heavy atom. The largest absolute Gasteiger partial charge is 0.283 e. The molecule has 0 saturated carbocycles. The fourth-order valence-electron chi connectivity index (χ4n) is 2.68. The van der Waals surface area contributed by atoms with Crippen LogP contribution < -0.4 is 0 Å². The van der Waals surface area contributed by atoms with Crippen molar-refractivity contribution >= 4 is 56.4 Å². The van der Waals surface area contributed by atoms with Gasteiger partial charge in [-0.1, -0.05) is 70.2 Å². The number of rotatable bonds is 2. The number of benzene rings is 2. The topological polar surface area (TPSA) is 56.5 Å². The maximum Gasteiger partial charge on any atom is 0.283 e. The molecule has 0 fully saturated rings. The van der Waals surface area contributed by atoms with E-state index in [0.29, 0.717) is 5.17 Å². The van der Waals surface area contributed by atoms with Crippen LogP contribution in [0, 0.1) is 5.41 Å². The Kier molecular flexibility index (Phi) is 4.15. The molecule has 0 aliphatic carbocycles. The first-order chi connectivity index (χ1) is 12.1. The maximum atomic E-state index is 12.4. The summed E-state index contributed by atoms with van der Waals surface area (Å²) in [6.07, 6.45) is 1.71. The van der Waals surface area contributed by atoms with E-state index in [4.69, 9.17) is 5.41 Å². The Morgan fingerprint density at radius 1 is 1.12 bits per heavy atom. The number of halogens is 1. The van der Waals surface area contributed by atoms with Crippen LogP contribution in [0.15, 0.2) is 75.0 Å². The van der Waals surface area contributed by atoms with E-state index in [1.54, 1.807) is 11.0 Å². The van der Waals surface area contributed by atoms with Gasteiger partial charge >= 0.3 is 0 Å². The summed E-state index contributed by atoms with van der Waals surface area (Å²) in [5.74, 6) is -0.235. The van der Waals surface area contributed by atoms with E-state index in [1.807, 2.05) is 60.0 Å². The highest BCUT2D eigenvalue weighted by Crippen LogP contribution is 2.37. The molecule has 0 unspecified atom stereocenters. The fourth-order valence-corrected chi connectivity index (χ4v) is 3.98. The molecule has 2 aromatic carbocycles. The van der Waals surface area contributed by atoms with Crippen LogP contribution in [-0.2, 0) is 4.79 Å². The monoisotopic (exact) mass is 409 g/mol. The molecule has 1 amide bonds. The van der Waals surface area contributed by atoms with Crippen LogP contribution in [0.1, 0.15) is 11.1 Å². The minimum Gasteiger partial charge on any atom is -0.283 e. The van der Waals surface area contributed by atoms with Gasteiger partial charge < -0.3 is 0 Å². The van der Waals surface area contributed by atoms with E-state index in [0.717, 1.165) is 21.3 Å². The molecule has 122 valence electrons. The number of aliphatic imine (C=N–C) groups is 1. The van der Waals surface area contributed by atoms with Gasteiger partial charge in [0.05, 0.1) is 11.3 Å². The van der Waals surface area contributed by atoms with Crippen LogP contribution in [-0.4, -0.2) is 21.8 Å². The number of thioether (sulfide) groups is 1. The van der Waals surface area contributed by atoms with E-state index < -0.39 is 0 Å². The molecule has 4 rings (SSSR count). The Balaban J connectivity index is 1.75. The number of nitrogens with one attached hydrogen (secondary N) is 1. The van der Waals surface area contributed by atoms with Gasteiger partial charge in [0.25, 0.3) is 5.91 Å². The number of amidine groups is 2. The van der Waals surface area contributed by atoms with Crippen LogP contribution in [0.2, 0.25) is 0 Å². The zero-order valence-corrected chi connectivity index (χ0v) is 15.3. The summed E-state index contributed by atoms with van der Waals surface area (Å²) in [6, 6.07) is 17.4. The lowest BCUT2D eigenvalue weighted by Crippen LogP contribution is -2.38. The summed E-state index contributed by atoms with van der Waals surface area (Å²) in [4.78, 5) is 18.3. The van der Waals surface area contributed by atoms with E-state index >= 15 is 0 Å². The van der Waals surface area contributed by atoms with Gasteiger partial charge in [-0.15, -0.1) is 0 Å². The van der Waals surface area contributed by atoms with Crippen LogP contribution in [0.25, 0.3) is 11.8 Å². The molecule has 4 nitrogen and oxygen atoms in total. The van der Waals surface area contributed by atoms with Crippen LogP contribution in [0.3, 0.4) is 0 Å². The van der Waals surface area contributed by atoms with Crippen molar-refractivity contribution in [2.45, 2.75) is 0 Å². The number of hydrogen-bond donors (Lipinski definition) is 1. The zero-order valence-electron chi connectivity index (χ0n) is 12.9. The smallest absolute Gasteiger partial charge is 0.283 e. The Hall–Kier alpha value is -2.44. The molecule has 2 aromatic rings. The third-order valence-electron chi connectivity index (χ3n) is 3.84. The first kappa shape index (κ1) is 16.1. The van der Waals surface area contributed by atoms with Gasteiger partial charge in [-0.2, -0.15) is 4.99 Å². The van der Waals surface area contributed by atoms with Crippen LogP contribution in [0.4, 0.5) is 0 Å². The zero-order chi connectivity index (χ0) is 17.4. The first-order valence-electron chi connectivity index (χ1n) is 7.55. The van der Waals surface area contributed by atoms with Gasteiger partial charge in [-0.3, -0.25) is 15.1 Å². The molecule has 1 N–H and O–H groups in total. The number of amides is 1. The molecule has 0 bridgehead atoms. The normalized spacial score (nSPS) is 18.3. The average molecular weight is 410 g/mol. The number of carbonyl (C=O) groups excluding carboxylic acids is 1. The number of carbonyl (C=O) groups is 1. The van der Waals surface area contributed by atoms with Gasteiger partial charge in [-0.25, -0.2) is 0 Å². The van der Waals surface area contributed by atoms with Crippen molar-refractivity contribution < 1.29 is 4.79 Å². The summed E-state index contributed by atoms with van der Waals surface area (Å²) < 4.78 is 0.919. The maximum absolute atomic E-state index is 12.4. The molecule has 0 radical (unpaired) electrons. The minimum atomic E-state index is -0.383. The first-order valence-corrected chi connectivity index (χ1v) is 9.22. The second kappa shape index (κ2) is 6.46. The fraction of sp³-hybridized carbons (Fsp3) is 0. The summed E-state index contributed by atoms with van der Waals surface area (Å²) in [6.45, 7) is 0. The lowest BCUT2D eigenvalue weighted by molar-refractivity contribution is -0.114. The Bertz CT molecular complexity index is 979. The highest BCUT2D eigenvalue weighted by molar-refractivity contribution is 9.10. The third kappa shape index (κ3) is 2.99. The van der Waals surface area contributed by atoms with Gasteiger partial charge in [0.15, 0.2) is 5.17 Å². The van der Waals surface area contributed by atoms with Crippen molar-refractivity contribution in [1.29, 1.82) is 5.41 Å². The summed E-state index contributed by atoms with van der Waals surface area (Å²) in [5, 5.41) is 11.0. The minimum absolute atomic E-state index is 0.148. The summed E-state index contributed by atoms with van der Waals surface area (Å²) >= 11 is 4.79.